The van der Waals surface area contributed by atoms with E-state index in [1.54, 1.807) is 6.07 Å². The molecule has 0 bridgehead atoms. The Bertz CT molecular complexity index is 501. The second kappa shape index (κ2) is 8.20. The molecule has 0 heterocycles. The van der Waals surface area contributed by atoms with E-state index in [4.69, 9.17) is 28.6 Å². The van der Waals surface area contributed by atoms with Crippen molar-refractivity contribution in [1.29, 1.82) is 0 Å². The third kappa shape index (κ3) is 7.87. The lowest BCUT2D eigenvalue weighted by Crippen LogP contribution is -2.30. The summed E-state index contributed by atoms with van der Waals surface area (Å²) in [5.41, 5.74) is 0.314. The summed E-state index contributed by atoms with van der Waals surface area (Å²) in [6.07, 6.45) is 1.01. The third-order valence-electron chi connectivity index (χ3n) is 2.39. The number of rotatable bonds is 5. The second-order valence-corrected chi connectivity index (χ2v) is 6.37. The molecule has 116 valence electrons. The van der Waals surface area contributed by atoms with Crippen LogP contribution in [-0.4, -0.2) is 23.2 Å². The fraction of sp³-hybridized carbons (Fsp3) is 0.467. The number of para-hydroxylation sites is 1. The van der Waals surface area contributed by atoms with Gasteiger partial charge in [0.1, 0.15) is 5.60 Å². The molecule has 0 radical (unpaired) electrons. The van der Waals surface area contributed by atoms with E-state index >= 15 is 0 Å². The number of esters is 1. The highest BCUT2D eigenvalue weighted by atomic mass is 35.5. The molecule has 21 heavy (non-hydrogen) atoms. The predicted octanol–water partition coefficient (Wildman–Crippen LogP) is 3.75. The van der Waals surface area contributed by atoms with Crippen molar-refractivity contribution in [3.05, 3.63) is 29.3 Å². The van der Waals surface area contributed by atoms with Gasteiger partial charge in [0.25, 0.3) is 0 Å². The first kappa shape index (κ1) is 17.7. The van der Waals surface area contributed by atoms with Crippen molar-refractivity contribution >= 4 is 40.6 Å². The molecule has 4 nitrogen and oxygen atoms in total. The van der Waals surface area contributed by atoms with Gasteiger partial charge in [0.2, 0.25) is 0 Å². The summed E-state index contributed by atoms with van der Waals surface area (Å²) in [5, 5.41) is 7.13. The lowest BCUT2D eigenvalue weighted by molar-refractivity contribution is -0.154. The Morgan fingerprint density at radius 1 is 1.33 bits per heavy atom. The van der Waals surface area contributed by atoms with Gasteiger partial charge in [-0.05, 0) is 51.5 Å². The number of anilines is 1. The van der Waals surface area contributed by atoms with Gasteiger partial charge in [0.15, 0.2) is 5.11 Å². The highest BCUT2D eigenvalue weighted by molar-refractivity contribution is 7.80. The normalized spacial score (nSPS) is 10.9. The average Bonchev–Trinajstić information content (AvgIpc) is 2.35. The molecule has 1 aromatic rings. The number of benzene rings is 1. The molecule has 1 aromatic carbocycles. The Morgan fingerprint density at radius 2 is 2.00 bits per heavy atom. The van der Waals surface area contributed by atoms with Crippen LogP contribution in [0.15, 0.2) is 24.3 Å². The fourth-order valence-electron chi connectivity index (χ4n) is 1.56. The number of hydrogen-bond donors (Lipinski definition) is 2. The van der Waals surface area contributed by atoms with Crippen LogP contribution in [-0.2, 0) is 9.53 Å². The molecule has 0 spiro atoms. The zero-order valence-corrected chi connectivity index (χ0v) is 14.1. The minimum absolute atomic E-state index is 0.200. The molecule has 0 fully saturated rings. The van der Waals surface area contributed by atoms with Gasteiger partial charge in [-0.2, -0.15) is 0 Å². The minimum Gasteiger partial charge on any atom is -0.460 e. The lowest BCUT2D eigenvalue weighted by atomic mass is 10.2. The Kier molecular flexibility index (Phi) is 6.92. The van der Waals surface area contributed by atoms with Gasteiger partial charge >= 0.3 is 5.97 Å². The van der Waals surface area contributed by atoms with E-state index in [-0.39, 0.29) is 5.97 Å². The van der Waals surface area contributed by atoms with Gasteiger partial charge in [-0.25, -0.2) is 0 Å². The molecule has 1 rings (SSSR count). The highest BCUT2D eigenvalue weighted by Crippen LogP contribution is 2.20. The highest BCUT2D eigenvalue weighted by Gasteiger charge is 2.15. The lowest BCUT2D eigenvalue weighted by Gasteiger charge is -2.19. The van der Waals surface area contributed by atoms with Crippen LogP contribution in [0.2, 0.25) is 5.02 Å². The Morgan fingerprint density at radius 3 is 2.62 bits per heavy atom. The molecule has 0 amide bonds. The van der Waals surface area contributed by atoms with Crippen LogP contribution >= 0.6 is 23.8 Å². The first-order valence-corrected chi connectivity index (χ1v) is 7.58. The van der Waals surface area contributed by atoms with Crippen molar-refractivity contribution in [3.63, 3.8) is 0 Å². The van der Waals surface area contributed by atoms with E-state index in [1.807, 2.05) is 39.0 Å². The zero-order chi connectivity index (χ0) is 15.9. The Balaban J connectivity index is 2.23. The van der Waals surface area contributed by atoms with E-state index in [1.165, 1.54) is 0 Å². The van der Waals surface area contributed by atoms with Crippen LogP contribution in [0.5, 0.6) is 0 Å². The van der Waals surface area contributed by atoms with E-state index < -0.39 is 5.60 Å². The quantitative estimate of drug-likeness (QED) is 0.490. The monoisotopic (exact) mass is 328 g/mol. The van der Waals surface area contributed by atoms with Gasteiger partial charge in [0.05, 0.1) is 10.7 Å². The zero-order valence-electron chi connectivity index (χ0n) is 12.5. The van der Waals surface area contributed by atoms with Gasteiger partial charge in [0, 0.05) is 13.0 Å². The molecule has 0 aromatic heterocycles. The van der Waals surface area contributed by atoms with Crippen molar-refractivity contribution in [2.24, 2.45) is 0 Å². The number of halogens is 1. The molecule has 0 aliphatic heterocycles. The van der Waals surface area contributed by atoms with Gasteiger partial charge in [-0.1, -0.05) is 23.7 Å². The summed E-state index contributed by atoms with van der Waals surface area (Å²) in [6.45, 7) is 6.15. The number of nitrogens with one attached hydrogen (secondary N) is 2. The van der Waals surface area contributed by atoms with Gasteiger partial charge in [-0.15, -0.1) is 0 Å². The largest absolute Gasteiger partial charge is 0.460 e. The number of carbonyl (C=O) groups excluding carboxylic acids is 1. The first-order chi connectivity index (χ1) is 9.78. The van der Waals surface area contributed by atoms with Crippen molar-refractivity contribution < 1.29 is 9.53 Å². The van der Waals surface area contributed by atoms with Crippen LogP contribution in [0.4, 0.5) is 5.69 Å². The molecule has 0 atom stereocenters. The molecular weight excluding hydrogens is 308 g/mol. The molecule has 0 unspecified atom stereocenters. The smallest absolute Gasteiger partial charge is 0.306 e. The third-order valence-corrected chi connectivity index (χ3v) is 2.96. The van der Waals surface area contributed by atoms with Crippen molar-refractivity contribution in [3.8, 4) is 0 Å². The number of hydrogen-bond acceptors (Lipinski definition) is 3. The van der Waals surface area contributed by atoms with E-state index in [0.29, 0.717) is 29.5 Å². The van der Waals surface area contributed by atoms with Crippen LogP contribution in [0.1, 0.15) is 33.6 Å². The summed E-state index contributed by atoms with van der Waals surface area (Å²) in [6, 6.07) is 7.36. The molecule has 0 aliphatic carbocycles. The maximum Gasteiger partial charge on any atom is 0.306 e. The van der Waals surface area contributed by atoms with Crippen molar-refractivity contribution in [2.45, 2.75) is 39.2 Å². The molecule has 0 aliphatic rings. The van der Waals surface area contributed by atoms with Crippen LogP contribution in [0, 0.1) is 0 Å². The summed E-state index contributed by atoms with van der Waals surface area (Å²) >= 11 is 11.2. The average molecular weight is 329 g/mol. The number of thiocarbonyl (C=S) groups is 1. The number of carbonyl (C=O) groups is 1. The number of ether oxygens (including phenoxy) is 1. The predicted molar refractivity (Wildman–Crippen MR) is 90.8 cm³/mol. The van der Waals surface area contributed by atoms with Gasteiger partial charge in [-0.3, -0.25) is 4.79 Å². The fourth-order valence-corrected chi connectivity index (χ4v) is 1.95. The summed E-state index contributed by atoms with van der Waals surface area (Å²) in [5.74, 6) is -0.200. The van der Waals surface area contributed by atoms with Crippen molar-refractivity contribution in [2.75, 3.05) is 11.9 Å². The van der Waals surface area contributed by atoms with Crippen LogP contribution in [0.3, 0.4) is 0 Å². The summed E-state index contributed by atoms with van der Waals surface area (Å²) in [7, 11) is 0. The molecule has 6 heteroatoms. The maximum atomic E-state index is 11.5. The van der Waals surface area contributed by atoms with E-state index in [2.05, 4.69) is 10.6 Å². The van der Waals surface area contributed by atoms with E-state index in [0.717, 1.165) is 5.69 Å². The maximum absolute atomic E-state index is 11.5. The minimum atomic E-state index is -0.439. The molecule has 0 saturated carbocycles. The standard InChI is InChI=1S/C15H21ClN2O2S/c1-15(2,3)20-13(19)9-6-10-17-14(21)18-12-8-5-4-7-11(12)16/h4-5,7-8H,6,9-10H2,1-3H3,(H2,17,18,21). The Hall–Kier alpha value is -1.33. The first-order valence-electron chi connectivity index (χ1n) is 6.79. The van der Waals surface area contributed by atoms with Gasteiger partial charge < -0.3 is 15.4 Å². The summed E-state index contributed by atoms with van der Waals surface area (Å²) < 4.78 is 5.22. The Labute approximate surface area is 136 Å². The van der Waals surface area contributed by atoms with Crippen LogP contribution in [0.25, 0.3) is 0 Å². The summed E-state index contributed by atoms with van der Waals surface area (Å²) in [4.78, 5) is 11.5. The second-order valence-electron chi connectivity index (χ2n) is 5.55. The SMILES string of the molecule is CC(C)(C)OC(=O)CCCNC(=S)Nc1ccccc1Cl. The molecule has 2 N–H and O–H groups in total. The van der Waals surface area contributed by atoms with Crippen LogP contribution < -0.4 is 10.6 Å². The topological polar surface area (TPSA) is 50.4 Å². The van der Waals surface area contributed by atoms with Crippen molar-refractivity contribution in [1.82, 2.24) is 5.32 Å². The van der Waals surface area contributed by atoms with E-state index in [9.17, 15) is 4.79 Å². The molecule has 0 saturated heterocycles. The molecular formula is C15H21ClN2O2S.